The van der Waals surface area contributed by atoms with Crippen molar-refractivity contribution in [3.05, 3.63) is 64.8 Å². The number of rotatable bonds is 10. The Morgan fingerprint density at radius 1 is 0.800 bits per heavy atom. The lowest BCUT2D eigenvalue weighted by molar-refractivity contribution is 0.298. The highest BCUT2D eigenvalue weighted by Crippen LogP contribution is 2.31. The zero-order chi connectivity index (χ0) is 21.3. The van der Waals surface area contributed by atoms with Crippen LogP contribution in [0.15, 0.2) is 54.7 Å². The van der Waals surface area contributed by atoms with Crippen molar-refractivity contribution in [1.82, 2.24) is 14.9 Å². The van der Waals surface area contributed by atoms with E-state index in [1.165, 1.54) is 0 Å². The third-order valence-electron chi connectivity index (χ3n) is 5.11. The molecule has 0 unspecified atom stereocenters. The van der Waals surface area contributed by atoms with Crippen LogP contribution in [0, 0.1) is 0 Å². The molecule has 158 valence electrons. The van der Waals surface area contributed by atoms with Gasteiger partial charge in [-0.3, -0.25) is 4.98 Å². The van der Waals surface area contributed by atoms with Gasteiger partial charge in [0.05, 0.1) is 17.6 Å². The molecule has 0 bridgehead atoms. The van der Waals surface area contributed by atoms with Crippen molar-refractivity contribution < 1.29 is 0 Å². The number of hydrogen-bond donors (Lipinski definition) is 1. The quantitative estimate of drug-likeness (QED) is 0.356. The number of hydrogen-bond acceptors (Lipinski definition) is 4. The molecule has 0 saturated heterocycles. The van der Waals surface area contributed by atoms with Crippen LogP contribution in [0.4, 0.5) is 5.82 Å². The molecule has 1 heterocycles. The number of aromatic nitrogens is 2. The molecule has 0 amide bonds. The van der Waals surface area contributed by atoms with Crippen molar-refractivity contribution in [3.63, 3.8) is 0 Å². The zero-order valence-corrected chi connectivity index (χ0v) is 19.0. The van der Waals surface area contributed by atoms with Gasteiger partial charge in [-0.1, -0.05) is 61.3 Å². The summed E-state index contributed by atoms with van der Waals surface area (Å²) in [6, 6.07) is 15.4. The molecule has 2 aromatic carbocycles. The lowest BCUT2D eigenvalue weighted by Gasteiger charge is -2.17. The van der Waals surface area contributed by atoms with Crippen LogP contribution in [0.5, 0.6) is 0 Å². The Balaban J connectivity index is 1.77. The fourth-order valence-corrected chi connectivity index (χ4v) is 3.57. The minimum Gasteiger partial charge on any atom is -0.369 e. The third kappa shape index (κ3) is 6.18. The lowest BCUT2D eigenvalue weighted by Crippen LogP contribution is -2.24. The molecule has 0 atom stereocenters. The summed E-state index contributed by atoms with van der Waals surface area (Å²) in [5.41, 5.74) is 3.59. The molecule has 3 aromatic rings. The second-order valence-corrected chi connectivity index (χ2v) is 8.00. The Morgan fingerprint density at radius 2 is 1.37 bits per heavy atom. The predicted octanol–water partition coefficient (Wildman–Crippen LogP) is 6.65. The smallest absolute Gasteiger partial charge is 0.145 e. The molecule has 1 aromatic heterocycles. The summed E-state index contributed by atoms with van der Waals surface area (Å²) in [6.45, 7) is 8.62. The molecule has 4 nitrogen and oxygen atoms in total. The van der Waals surface area contributed by atoms with Crippen molar-refractivity contribution >= 4 is 29.0 Å². The highest BCUT2D eigenvalue weighted by atomic mass is 35.5. The Morgan fingerprint density at radius 3 is 1.93 bits per heavy atom. The number of nitrogens with one attached hydrogen (secondary N) is 1. The minimum absolute atomic E-state index is 0.697. The van der Waals surface area contributed by atoms with E-state index in [1.54, 1.807) is 6.20 Å². The summed E-state index contributed by atoms with van der Waals surface area (Å²) < 4.78 is 0. The maximum atomic E-state index is 6.08. The molecule has 0 radical (unpaired) electrons. The molecule has 0 saturated carbocycles. The predicted molar refractivity (Wildman–Crippen MR) is 128 cm³/mol. The molecular weight excluding hydrogens is 415 g/mol. The van der Waals surface area contributed by atoms with Crippen LogP contribution in [-0.4, -0.2) is 41.0 Å². The Labute approximate surface area is 189 Å². The first kappa shape index (κ1) is 22.5. The average Bonchev–Trinajstić information content (AvgIpc) is 2.77. The van der Waals surface area contributed by atoms with E-state index < -0.39 is 0 Å². The van der Waals surface area contributed by atoms with Gasteiger partial charge in [0.15, 0.2) is 0 Å². The maximum absolute atomic E-state index is 6.08. The molecule has 30 heavy (non-hydrogen) atoms. The standard InChI is InChI=1S/C24H28Cl2N4/c1-3-30(4-2)16-6-5-15-27-22-17-28-23(18-7-11-20(25)12-8-18)24(29-22)19-9-13-21(26)14-10-19/h7-14,17H,3-6,15-16H2,1-2H3,(H,27,29). The largest absolute Gasteiger partial charge is 0.369 e. The van der Waals surface area contributed by atoms with Gasteiger partial charge in [-0.05, 0) is 56.7 Å². The van der Waals surface area contributed by atoms with Crippen LogP contribution in [0.2, 0.25) is 10.0 Å². The van der Waals surface area contributed by atoms with Crippen molar-refractivity contribution in [3.8, 4) is 22.5 Å². The second-order valence-electron chi connectivity index (χ2n) is 7.13. The van der Waals surface area contributed by atoms with Crippen LogP contribution in [0.25, 0.3) is 22.5 Å². The van der Waals surface area contributed by atoms with Crippen LogP contribution in [0.3, 0.4) is 0 Å². The number of unbranched alkanes of at least 4 members (excludes halogenated alkanes) is 1. The topological polar surface area (TPSA) is 41.0 Å². The minimum atomic E-state index is 0.697. The summed E-state index contributed by atoms with van der Waals surface area (Å²) in [5, 5.41) is 4.82. The van der Waals surface area contributed by atoms with Gasteiger partial charge in [-0.25, -0.2) is 4.98 Å². The first-order valence-electron chi connectivity index (χ1n) is 10.5. The van der Waals surface area contributed by atoms with Crippen LogP contribution in [-0.2, 0) is 0 Å². The van der Waals surface area contributed by atoms with Gasteiger partial charge in [0.25, 0.3) is 0 Å². The Bertz CT molecular complexity index is 923. The molecule has 0 aliphatic rings. The van der Waals surface area contributed by atoms with Crippen molar-refractivity contribution in [2.24, 2.45) is 0 Å². The van der Waals surface area contributed by atoms with Gasteiger partial charge in [0.1, 0.15) is 5.82 Å². The van der Waals surface area contributed by atoms with E-state index in [2.05, 4.69) is 24.1 Å². The summed E-state index contributed by atoms with van der Waals surface area (Å²) in [5.74, 6) is 0.778. The van der Waals surface area contributed by atoms with Gasteiger partial charge >= 0.3 is 0 Å². The van der Waals surface area contributed by atoms with E-state index >= 15 is 0 Å². The number of nitrogens with zero attached hydrogens (tertiary/aromatic N) is 3. The van der Waals surface area contributed by atoms with Crippen molar-refractivity contribution in [1.29, 1.82) is 0 Å². The normalized spacial score (nSPS) is 11.1. The molecule has 1 N–H and O–H groups in total. The molecule has 0 spiro atoms. The highest BCUT2D eigenvalue weighted by molar-refractivity contribution is 6.31. The van der Waals surface area contributed by atoms with E-state index in [1.807, 2.05) is 48.5 Å². The van der Waals surface area contributed by atoms with Crippen LogP contribution < -0.4 is 5.32 Å². The SMILES string of the molecule is CCN(CC)CCCCNc1cnc(-c2ccc(Cl)cc2)c(-c2ccc(Cl)cc2)n1. The van der Waals surface area contributed by atoms with Gasteiger partial charge in [0, 0.05) is 27.7 Å². The van der Waals surface area contributed by atoms with E-state index in [0.29, 0.717) is 10.0 Å². The fourth-order valence-electron chi connectivity index (χ4n) is 3.32. The Hall–Kier alpha value is -2.14. The second kappa shape index (κ2) is 11.3. The van der Waals surface area contributed by atoms with E-state index in [4.69, 9.17) is 33.2 Å². The third-order valence-corrected chi connectivity index (χ3v) is 5.61. The van der Waals surface area contributed by atoms with Gasteiger partial charge in [-0.15, -0.1) is 0 Å². The van der Waals surface area contributed by atoms with Crippen LogP contribution in [0.1, 0.15) is 26.7 Å². The first-order valence-corrected chi connectivity index (χ1v) is 11.2. The number of benzene rings is 2. The average molecular weight is 443 g/mol. The van der Waals surface area contributed by atoms with Gasteiger partial charge < -0.3 is 10.2 Å². The molecule has 0 aliphatic heterocycles. The molecular formula is C24H28Cl2N4. The first-order chi connectivity index (χ1) is 14.6. The summed E-state index contributed by atoms with van der Waals surface area (Å²) in [7, 11) is 0. The monoisotopic (exact) mass is 442 g/mol. The molecule has 0 aliphatic carbocycles. The maximum Gasteiger partial charge on any atom is 0.145 e. The van der Waals surface area contributed by atoms with Gasteiger partial charge in [0.2, 0.25) is 0 Å². The molecule has 6 heteroatoms. The van der Waals surface area contributed by atoms with Crippen molar-refractivity contribution in [2.75, 3.05) is 31.5 Å². The number of anilines is 1. The molecule has 3 rings (SSSR count). The number of halogens is 2. The van der Waals surface area contributed by atoms with E-state index in [9.17, 15) is 0 Å². The van der Waals surface area contributed by atoms with Crippen LogP contribution >= 0.6 is 23.2 Å². The van der Waals surface area contributed by atoms with E-state index in [0.717, 1.165) is 67.4 Å². The zero-order valence-electron chi connectivity index (χ0n) is 17.5. The Kier molecular flexibility index (Phi) is 8.50. The van der Waals surface area contributed by atoms with E-state index in [-0.39, 0.29) is 0 Å². The van der Waals surface area contributed by atoms with Gasteiger partial charge in [-0.2, -0.15) is 0 Å². The van der Waals surface area contributed by atoms with Crippen molar-refractivity contribution in [2.45, 2.75) is 26.7 Å². The summed E-state index contributed by atoms with van der Waals surface area (Å²) >= 11 is 12.1. The summed E-state index contributed by atoms with van der Waals surface area (Å²) in [6.07, 6.45) is 4.05. The highest BCUT2D eigenvalue weighted by Gasteiger charge is 2.12. The fraction of sp³-hybridized carbons (Fsp3) is 0.333. The summed E-state index contributed by atoms with van der Waals surface area (Å²) in [4.78, 5) is 12.0. The lowest BCUT2D eigenvalue weighted by atomic mass is 10.0. The molecule has 0 fully saturated rings.